The summed E-state index contributed by atoms with van der Waals surface area (Å²) in [5, 5.41) is 0.994. The number of pyridine rings is 1. The van der Waals surface area contributed by atoms with Crippen LogP contribution in [0.25, 0.3) is 10.9 Å². The molecule has 0 aliphatic carbocycles. The molecule has 0 aliphatic rings. The van der Waals surface area contributed by atoms with E-state index in [2.05, 4.69) is 4.98 Å². The standard InChI is InChI=1S/C13H13NO2/c1-3-16-13(15)11-6-4-5-10-9(2)7-8-14-12(10)11/h4-8H,3H2,1-2H3. The summed E-state index contributed by atoms with van der Waals surface area (Å²) in [6.45, 7) is 4.17. The van der Waals surface area contributed by atoms with E-state index in [0.29, 0.717) is 17.7 Å². The number of para-hydroxylation sites is 1. The molecule has 1 aromatic heterocycles. The highest BCUT2D eigenvalue weighted by molar-refractivity contribution is 6.03. The molecule has 0 atom stereocenters. The maximum Gasteiger partial charge on any atom is 0.340 e. The number of rotatable bonds is 2. The van der Waals surface area contributed by atoms with Gasteiger partial charge in [-0.2, -0.15) is 0 Å². The minimum atomic E-state index is -0.314. The first kappa shape index (κ1) is 10.6. The molecule has 0 fully saturated rings. The van der Waals surface area contributed by atoms with Crippen LogP contribution < -0.4 is 0 Å². The van der Waals surface area contributed by atoms with E-state index in [4.69, 9.17) is 4.74 Å². The van der Waals surface area contributed by atoms with Gasteiger partial charge in [-0.15, -0.1) is 0 Å². The van der Waals surface area contributed by atoms with Crippen molar-refractivity contribution in [1.29, 1.82) is 0 Å². The number of fused-ring (bicyclic) bond motifs is 1. The number of hydrogen-bond donors (Lipinski definition) is 0. The third kappa shape index (κ3) is 1.76. The molecule has 0 spiro atoms. The monoisotopic (exact) mass is 215 g/mol. The van der Waals surface area contributed by atoms with Gasteiger partial charge in [0.25, 0.3) is 0 Å². The molecule has 3 nitrogen and oxygen atoms in total. The fourth-order valence-electron chi connectivity index (χ4n) is 1.69. The van der Waals surface area contributed by atoms with Gasteiger partial charge in [0.1, 0.15) is 0 Å². The van der Waals surface area contributed by atoms with Gasteiger partial charge >= 0.3 is 5.97 Å². The molecule has 0 radical (unpaired) electrons. The van der Waals surface area contributed by atoms with E-state index >= 15 is 0 Å². The van der Waals surface area contributed by atoms with Crippen LogP contribution in [0.15, 0.2) is 30.5 Å². The highest BCUT2D eigenvalue weighted by Gasteiger charge is 2.12. The van der Waals surface area contributed by atoms with Gasteiger partial charge in [0.2, 0.25) is 0 Å². The lowest BCUT2D eigenvalue weighted by molar-refractivity contribution is 0.0528. The van der Waals surface area contributed by atoms with Crippen molar-refractivity contribution in [3.63, 3.8) is 0 Å². The summed E-state index contributed by atoms with van der Waals surface area (Å²) in [6, 6.07) is 7.48. The largest absolute Gasteiger partial charge is 0.462 e. The molecule has 3 heteroatoms. The summed E-state index contributed by atoms with van der Waals surface area (Å²) < 4.78 is 5.00. The fraction of sp³-hybridized carbons (Fsp3) is 0.231. The summed E-state index contributed by atoms with van der Waals surface area (Å²) in [5.41, 5.74) is 2.35. The number of nitrogens with zero attached hydrogens (tertiary/aromatic N) is 1. The average Bonchev–Trinajstić information content (AvgIpc) is 2.29. The Morgan fingerprint density at radius 1 is 1.38 bits per heavy atom. The molecule has 0 saturated carbocycles. The molecule has 1 aromatic carbocycles. The number of esters is 1. The Labute approximate surface area is 94.1 Å². The van der Waals surface area contributed by atoms with Gasteiger partial charge < -0.3 is 4.74 Å². The number of ether oxygens (including phenoxy) is 1. The van der Waals surface area contributed by atoms with E-state index in [0.717, 1.165) is 10.9 Å². The Morgan fingerprint density at radius 3 is 2.94 bits per heavy atom. The van der Waals surface area contributed by atoms with Gasteiger partial charge in [0.15, 0.2) is 0 Å². The lowest BCUT2D eigenvalue weighted by Crippen LogP contribution is -2.06. The van der Waals surface area contributed by atoms with Gasteiger partial charge in [0, 0.05) is 11.6 Å². The second-order valence-corrected chi connectivity index (χ2v) is 3.55. The second kappa shape index (κ2) is 4.31. The molecule has 2 rings (SSSR count). The molecule has 2 aromatic rings. The van der Waals surface area contributed by atoms with Crippen LogP contribution in [0.3, 0.4) is 0 Å². The molecular formula is C13H13NO2. The average molecular weight is 215 g/mol. The third-order valence-electron chi connectivity index (χ3n) is 2.48. The van der Waals surface area contributed by atoms with Gasteiger partial charge in [-0.3, -0.25) is 4.98 Å². The SMILES string of the molecule is CCOC(=O)c1cccc2c(C)ccnc12. The topological polar surface area (TPSA) is 39.2 Å². The smallest absolute Gasteiger partial charge is 0.340 e. The van der Waals surface area contributed by atoms with Crippen molar-refractivity contribution in [3.05, 3.63) is 41.6 Å². The zero-order valence-corrected chi connectivity index (χ0v) is 9.36. The second-order valence-electron chi connectivity index (χ2n) is 3.55. The number of hydrogen-bond acceptors (Lipinski definition) is 3. The van der Waals surface area contributed by atoms with Crippen molar-refractivity contribution in [2.24, 2.45) is 0 Å². The van der Waals surface area contributed by atoms with Crippen LogP contribution in [0.1, 0.15) is 22.8 Å². The molecule has 16 heavy (non-hydrogen) atoms. The van der Waals surface area contributed by atoms with E-state index in [1.54, 1.807) is 19.2 Å². The van der Waals surface area contributed by atoms with Crippen LogP contribution >= 0.6 is 0 Å². The minimum absolute atomic E-state index is 0.314. The first-order valence-electron chi connectivity index (χ1n) is 5.25. The Bertz CT molecular complexity index is 534. The Balaban J connectivity index is 2.62. The number of carbonyl (C=O) groups is 1. The predicted octanol–water partition coefficient (Wildman–Crippen LogP) is 2.72. The van der Waals surface area contributed by atoms with Crippen molar-refractivity contribution in [1.82, 2.24) is 4.98 Å². The van der Waals surface area contributed by atoms with E-state index in [9.17, 15) is 4.79 Å². The normalized spacial score (nSPS) is 10.4. The number of carbonyl (C=O) groups excluding carboxylic acids is 1. The van der Waals surface area contributed by atoms with E-state index in [-0.39, 0.29) is 5.97 Å². The summed E-state index contributed by atoms with van der Waals surface area (Å²) in [4.78, 5) is 16.0. The molecule has 0 unspecified atom stereocenters. The number of aryl methyl sites for hydroxylation is 1. The lowest BCUT2D eigenvalue weighted by atomic mass is 10.1. The first-order chi connectivity index (χ1) is 7.74. The zero-order chi connectivity index (χ0) is 11.5. The summed E-state index contributed by atoms with van der Waals surface area (Å²) >= 11 is 0. The molecule has 82 valence electrons. The van der Waals surface area contributed by atoms with Crippen LogP contribution in [0, 0.1) is 6.92 Å². The van der Waals surface area contributed by atoms with Crippen LogP contribution in [-0.2, 0) is 4.74 Å². The molecule has 0 amide bonds. The van der Waals surface area contributed by atoms with Crippen LogP contribution in [0.2, 0.25) is 0 Å². The number of benzene rings is 1. The first-order valence-corrected chi connectivity index (χ1v) is 5.25. The lowest BCUT2D eigenvalue weighted by Gasteiger charge is -2.06. The summed E-state index contributed by atoms with van der Waals surface area (Å²) in [5.74, 6) is -0.314. The maximum atomic E-state index is 11.7. The van der Waals surface area contributed by atoms with Crippen LogP contribution in [0.4, 0.5) is 0 Å². The molecular weight excluding hydrogens is 202 g/mol. The van der Waals surface area contributed by atoms with Crippen molar-refractivity contribution in [2.45, 2.75) is 13.8 Å². The van der Waals surface area contributed by atoms with E-state index < -0.39 is 0 Å². The molecule has 0 N–H and O–H groups in total. The predicted molar refractivity (Wildman–Crippen MR) is 62.4 cm³/mol. The quantitative estimate of drug-likeness (QED) is 0.723. The van der Waals surface area contributed by atoms with Gasteiger partial charge in [0.05, 0.1) is 17.7 Å². The van der Waals surface area contributed by atoms with Gasteiger partial charge in [-0.1, -0.05) is 12.1 Å². The van der Waals surface area contributed by atoms with Crippen LogP contribution in [-0.4, -0.2) is 17.6 Å². The van der Waals surface area contributed by atoms with Crippen molar-refractivity contribution < 1.29 is 9.53 Å². The Hall–Kier alpha value is -1.90. The van der Waals surface area contributed by atoms with Crippen molar-refractivity contribution in [2.75, 3.05) is 6.61 Å². The van der Waals surface area contributed by atoms with Gasteiger partial charge in [-0.05, 0) is 31.5 Å². The fourth-order valence-corrected chi connectivity index (χ4v) is 1.69. The molecule has 0 aliphatic heterocycles. The summed E-state index contributed by atoms with van der Waals surface area (Å²) in [7, 11) is 0. The van der Waals surface area contributed by atoms with Gasteiger partial charge in [-0.25, -0.2) is 4.79 Å². The van der Waals surface area contributed by atoms with Crippen molar-refractivity contribution >= 4 is 16.9 Å². The summed E-state index contributed by atoms with van der Waals surface area (Å²) in [6.07, 6.45) is 1.71. The van der Waals surface area contributed by atoms with Crippen LogP contribution in [0.5, 0.6) is 0 Å². The molecule has 0 bridgehead atoms. The number of aromatic nitrogens is 1. The highest BCUT2D eigenvalue weighted by atomic mass is 16.5. The highest BCUT2D eigenvalue weighted by Crippen LogP contribution is 2.20. The third-order valence-corrected chi connectivity index (χ3v) is 2.48. The maximum absolute atomic E-state index is 11.7. The minimum Gasteiger partial charge on any atom is -0.462 e. The molecule has 1 heterocycles. The Morgan fingerprint density at radius 2 is 2.19 bits per heavy atom. The Kier molecular flexibility index (Phi) is 2.86. The zero-order valence-electron chi connectivity index (χ0n) is 9.36. The van der Waals surface area contributed by atoms with E-state index in [1.165, 1.54) is 0 Å². The molecule has 0 saturated heterocycles. The van der Waals surface area contributed by atoms with E-state index in [1.807, 2.05) is 25.1 Å². The van der Waals surface area contributed by atoms with Crippen molar-refractivity contribution in [3.8, 4) is 0 Å².